The maximum Gasteiger partial charge on any atom is 0.573 e. The molecular weight excluding hydrogens is 463 g/mol. The normalized spacial score (nSPS) is 12.6. The summed E-state index contributed by atoms with van der Waals surface area (Å²) in [6.07, 6.45) is -4.78. The lowest BCUT2D eigenvalue weighted by Crippen LogP contribution is -2.38. The number of aryl methyl sites for hydroxylation is 1. The number of nitrogens with zero attached hydrogens (tertiary/aromatic N) is 3. The van der Waals surface area contributed by atoms with Gasteiger partial charge in [-0.15, -0.1) is 13.2 Å². The van der Waals surface area contributed by atoms with Gasteiger partial charge < -0.3 is 25.0 Å². The molecule has 1 atom stereocenters. The highest BCUT2D eigenvalue weighted by Gasteiger charge is 2.31. The van der Waals surface area contributed by atoms with E-state index in [0.717, 1.165) is 11.3 Å². The van der Waals surface area contributed by atoms with Gasteiger partial charge in [0.05, 0.1) is 21.3 Å². The third-order valence-corrected chi connectivity index (χ3v) is 5.61. The number of hydrogen-bond donors (Lipinski definition) is 3. The topological polar surface area (TPSA) is 118 Å². The maximum absolute atomic E-state index is 12.4. The molecule has 2 heterocycles. The zero-order valence-electron chi connectivity index (χ0n) is 17.1. The van der Waals surface area contributed by atoms with Crippen molar-refractivity contribution in [3.63, 3.8) is 0 Å². The van der Waals surface area contributed by atoms with Crippen LogP contribution in [0.2, 0.25) is 0 Å². The smallest absolute Gasteiger partial charge is 0.480 e. The van der Waals surface area contributed by atoms with Gasteiger partial charge in [-0.25, -0.2) is 9.97 Å². The molecule has 0 radical (unpaired) electrons. The molecule has 33 heavy (non-hydrogen) atoms. The third-order valence-electron chi connectivity index (χ3n) is 4.67. The van der Waals surface area contributed by atoms with Gasteiger partial charge in [-0.2, -0.15) is 0 Å². The van der Waals surface area contributed by atoms with E-state index in [1.54, 1.807) is 23.7 Å². The number of aromatic nitrogens is 3. The summed E-state index contributed by atoms with van der Waals surface area (Å²) in [6.45, 7) is 1.36. The molecule has 0 saturated carbocycles. The molecule has 0 fully saturated rings. The number of hydrogen-bond acceptors (Lipinski definition) is 7. The zero-order valence-corrected chi connectivity index (χ0v) is 17.9. The van der Waals surface area contributed by atoms with Crippen LogP contribution in [0.15, 0.2) is 36.4 Å². The number of carboxylic acid groups (broad SMARTS) is 1. The highest BCUT2D eigenvalue weighted by atomic mass is 32.1. The SMILES string of the molecule is CC(NC(=O)c1ccc2c(c1)nc(Nc1nc3ccc(OC(F)(F)F)cc3s1)n2C)C(=O)O. The first-order valence-electron chi connectivity index (χ1n) is 9.43. The minimum Gasteiger partial charge on any atom is -0.480 e. The Bertz CT molecular complexity index is 1380. The summed E-state index contributed by atoms with van der Waals surface area (Å²) in [7, 11) is 1.74. The monoisotopic (exact) mass is 479 g/mol. The lowest BCUT2D eigenvalue weighted by Gasteiger charge is -2.09. The van der Waals surface area contributed by atoms with Crippen molar-refractivity contribution < 1.29 is 32.6 Å². The number of anilines is 2. The highest BCUT2D eigenvalue weighted by molar-refractivity contribution is 7.22. The molecule has 3 N–H and O–H groups in total. The fourth-order valence-corrected chi connectivity index (χ4v) is 3.93. The molecule has 1 unspecified atom stereocenters. The first-order valence-corrected chi connectivity index (χ1v) is 10.3. The molecule has 172 valence electrons. The number of fused-ring (bicyclic) bond motifs is 2. The molecule has 4 aromatic rings. The van der Waals surface area contributed by atoms with Gasteiger partial charge in [-0.05, 0) is 37.3 Å². The van der Waals surface area contributed by atoms with Gasteiger partial charge in [0, 0.05) is 18.7 Å². The second-order valence-corrected chi connectivity index (χ2v) is 8.08. The lowest BCUT2D eigenvalue weighted by molar-refractivity contribution is -0.274. The Morgan fingerprint density at radius 2 is 1.91 bits per heavy atom. The second kappa shape index (κ2) is 8.24. The van der Waals surface area contributed by atoms with Crippen LogP contribution in [0.25, 0.3) is 21.3 Å². The van der Waals surface area contributed by atoms with Crippen LogP contribution in [-0.2, 0) is 11.8 Å². The number of benzene rings is 2. The summed E-state index contributed by atoms with van der Waals surface area (Å²) in [5.74, 6) is -1.64. The number of aliphatic carboxylic acids is 1. The number of alkyl halides is 3. The molecule has 4 rings (SSSR count). The van der Waals surface area contributed by atoms with Crippen molar-refractivity contribution in [1.29, 1.82) is 0 Å². The second-order valence-electron chi connectivity index (χ2n) is 7.05. The quantitative estimate of drug-likeness (QED) is 0.382. The van der Waals surface area contributed by atoms with E-state index < -0.39 is 24.3 Å². The molecule has 0 aliphatic carbocycles. The van der Waals surface area contributed by atoms with Crippen LogP contribution in [-0.4, -0.2) is 43.9 Å². The number of nitrogens with one attached hydrogen (secondary N) is 2. The number of carbonyl (C=O) groups is 2. The van der Waals surface area contributed by atoms with Crippen molar-refractivity contribution in [1.82, 2.24) is 19.9 Å². The molecule has 13 heteroatoms. The molecule has 2 aromatic heterocycles. The summed E-state index contributed by atoms with van der Waals surface area (Å²) in [6, 6.07) is 7.58. The average Bonchev–Trinajstić information content (AvgIpc) is 3.26. The van der Waals surface area contributed by atoms with Gasteiger partial charge in [-0.1, -0.05) is 11.3 Å². The van der Waals surface area contributed by atoms with E-state index in [2.05, 4.69) is 25.3 Å². The van der Waals surface area contributed by atoms with E-state index >= 15 is 0 Å². The van der Waals surface area contributed by atoms with Crippen LogP contribution in [0.1, 0.15) is 17.3 Å². The van der Waals surface area contributed by atoms with Crippen LogP contribution in [0.4, 0.5) is 24.3 Å². The molecule has 0 aliphatic heterocycles. The number of carboxylic acids is 1. The molecule has 1 amide bonds. The minimum atomic E-state index is -4.78. The van der Waals surface area contributed by atoms with Gasteiger partial charge in [-0.3, -0.25) is 9.59 Å². The van der Waals surface area contributed by atoms with Crippen molar-refractivity contribution in [3.8, 4) is 5.75 Å². The Morgan fingerprint density at radius 1 is 1.15 bits per heavy atom. The van der Waals surface area contributed by atoms with E-state index in [-0.39, 0.29) is 11.3 Å². The first-order chi connectivity index (χ1) is 15.5. The predicted molar refractivity (Wildman–Crippen MR) is 115 cm³/mol. The number of ether oxygens (including phenoxy) is 1. The predicted octanol–water partition coefficient (Wildman–Crippen LogP) is 4.03. The van der Waals surface area contributed by atoms with Gasteiger partial charge in [0.25, 0.3) is 5.91 Å². The number of rotatable bonds is 6. The van der Waals surface area contributed by atoms with Gasteiger partial charge in [0.1, 0.15) is 11.8 Å². The molecule has 0 bridgehead atoms. The van der Waals surface area contributed by atoms with Crippen LogP contribution in [0.5, 0.6) is 5.75 Å². The first kappa shape index (κ1) is 22.3. The molecule has 2 aromatic carbocycles. The van der Waals surface area contributed by atoms with Crippen LogP contribution < -0.4 is 15.4 Å². The minimum absolute atomic E-state index is 0.248. The van der Waals surface area contributed by atoms with Crippen molar-refractivity contribution >= 4 is 55.5 Å². The van der Waals surface area contributed by atoms with E-state index in [1.807, 2.05) is 0 Å². The third kappa shape index (κ3) is 4.82. The Hall–Kier alpha value is -3.87. The Labute approximate surface area is 187 Å². The van der Waals surface area contributed by atoms with E-state index in [4.69, 9.17) is 5.11 Å². The Morgan fingerprint density at radius 3 is 2.61 bits per heavy atom. The summed E-state index contributed by atoms with van der Waals surface area (Å²) in [5.41, 5.74) is 1.92. The summed E-state index contributed by atoms with van der Waals surface area (Å²) in [4.78, 5) is 32.0. The van der Waals surface area contributed by atoms with E-state index in [1.165, 1.54) is 31.2 Å². The van der Waals surface area contributed by atoms with Gasteiger partial charge in [0.15, 0.2) is 5.13 Å². The van der Waals surface area contributed by atoms with Crippen LogP contribution in [0.3, 0.4) is 0 Å². The van der Waals surface area contributed by atoms with Crippen molar-refractivity contribution in [2.24, 2.45) is 7.05 Å². The summed E-state index contributed by atoms with van der Waals surface area (Å²) < 4.78 is 43.5. The van der Waals surface area contributed by atoms with Crippen LogP contribution in [0, 0.1) is 0 Å². The fraction of sp³-hybridized carbons (Fsp3) is 0.200. The molecular formula is C20H16F3N5O4S. The van der Waals surface area contributed by atoms with Crippen molar-refractivity contribution in [2.45, 2.75) is 19.3 Å². The Balaban J connectivity index is 1.58. The number of amides is 1. The van der Waals surface area contributed by atoms with Gasteiger partial charge in [0.2, 0.25) is 5.95 Å². The van der Waals surface area contributed by atoms with Crippen LogP contribution >= 0.6 is 11.3 Å². The van der Waals surface area contributed by atoms with E-state index in [9.17, 15) is 22.8 Å². The summed E-state index contributed by atoms with van der Waals surface area (Å²) >= 11 is 1.13. The zero-order chi connectivity index (χ0) is 23.9. The highest BCUT2D eigenvalue weighted by Crippen LogP contribution is 2.33. The average molecular weight is 479 g/mol. The largest absolute Gasteiger partial charge is 0.573 e. The molecule has 0 saturated heterocycles. The standard InChI is InChI=1S/C20H16F3N5O4S/c1-9(17(30)31)24-16(29)10-3-6-14-13(7-10)25-18(28(14)2)27-19-26-12-5-4-11(8-15(12)33-19)32-20(21,22)23/h3-9H,1-2H3,(H,24,29)(H,30,31)(H,25,26,27). The molecule has 0 aliphatic rings. The van der Waals surface area contributed by atoms with Crippen molar-refractivity contribution in [2.75, 3.05) is 5.32 Å². The number of thiazole rings is 1. The number of carbonyl (C=O) groups excluding carboxylic acids is 1. The summed E-state index contributed by atoms with van der Waals surface area (Å²) in [5, 5.41) is 14.8. The Kier molecular flexibility index (Phi) is 5.57. The van der Waals surface area contributed by atoms with Crippen molar-refractivity contribution in [3.05, 3.63) is 42.0 Å². The number of halogens is 3. The van der Waals surface area contributed by atoms with Gasteiger partial charge >= 0.3 is 12.3 Å². The fourth-order valence-electron chi connectivity index (χ4n) is 3.05. The molecule has 0 spiro atoms. The van der Waals surface area contributed by atoms with E-state index in [0.29, 0.717) is 32.3 Å². The number of imidazole rings is 1. The lowest BCUT2D eigenvalue weighted by atomic mass is 10.1. The molecule has 9 nitrogen and oxygen atoms in total. The maximum atomic E-state index is 12.4.